The first-order chi connectivity index (χ1) is 72.7. The Morgan fingerprint density at radius 2 is 0.597 bits per heavy atom. The van der Waals surface area contributed by atoms with Crippen LogP contribution in [0.5, 0.6) is 0 Å². The summed E-state index contributed by atoms with van der Waals surface area (Å²) in [5, 5.41) is 38.2. The highest BCUT2D eigenvalue weighted by Crippen LogP contribution is 2.43. The molecule has 738 valence electrons. The maximum Gasteiger partial charge on any atom is 0.169 e. The van der Waals surface area contributed by atoms with E-state index in [1.165, 1.54) is 88.6 Å². The van der Waals surface area contributed by atoms with E-state index in [-0.39, 0.29) is 23.1 Å². The molecule has 2 aliphatic heterocycles. The third-order valence-electron chi connectivity index (χ3n) is 26.5. The number of rotatable bonds is 24. The highest BCUT2D eigenvalue weighted by molar-refractivity contribution is 7.18. The molecule has 26 rings (SSSR count). The molecule has 0 bridgehead atoms. The summed E-state index contributed by atoms with van der Waals surface area (Å²) in [6.07, 6.45) is 35.9. The molecule has 36 heteroatoms. The lowest BCUT2D eigenvalue weighted by molar-refractivity contribution is 0.101. The van der Waals surface area contributed by atoms with Crippen molar-refractivity contribution in [1.29, 1.82) is 0 Å². The first-order valence-electron chi connectivity index (χ1n) is 49.0. The number of anilines is 1. The van der Waals surface area contributed by atoms with Crippen LogP contribution in [0.25, 0.3) is 220 Å². The lowest BCUT2D eigenvalue weighted by Crippen LogP contribution is -2.29. The van der Waals surface area contributed by atoms with Gasteiger partial charge >= 0.3 is 0 Å². The Balaban J connectivity index is 0.000000109. The van der Waals surface area contributed by atoms with Crippen molar-refractivity contribution >= 4 is 162 Å². The standard InChI is InChI=1S/C30H27N7OS.C29H25N7OS.2C27H23N7OS/c1-18(38)26-7-8-27(39-26)23-15-32-16-25-28(23)34-30(33-25)29-22-12-20(5-6-24(22)35-36-29)21-11-19(13-31-14-21)17-37-9-3-2-4-10-37;1-17(37)25-6-7-26(38-25)22-14-31-15-24-27(22)33-29(32-24)28-21-11-19(4-5-23(21)34-35-28)20-10-18(12-30-13-20)16-36-8-2-3-9-36;1-15(35)23-6-7-24(36-23)20-12-29-13-22-25(20)31-27(30-22)26-19-9-17(4-5-21(19)32-33-26)18-8-16(10-28-11-18)14-34(2)3;1-14(2)30-18-8-17(10-28-11-18)16-4-5-21-19(9-16)26(34-33-21)27-31-22-13-29-12-20(25(22)32-27)24-7-6-23(36-24)15(3)35/h5-8,11-16H,2-4,9-10,17H2,1H3,(H,33,34)(H,35,36);4-7,10-15H,2-3,8-9,16H2,1H3,(H,32,33)(H,34,35);4-13H,14H2,1-3H3,(H,30,31)(H,32,33);4-14,30H,1-3H3,(H,31,32)(H,33,34). The molecule has 20 aromatic heterocycles. The molecule has 2 saturated heterocycles. The molecule has 2 fully saturated rings. The number of carbonyl (C=O) groups is 4. The average molecular weight is 2040 g/mol. The van der Waals surface area contributed by atoms with E-state index in [2.05, 4.69) is 219 Å². The fourth-order valence-corrected chi connectivity index (χ4v) is 22.9. The van der Waals surface area contributed by atoms with E-state index in [9.17, 15) is 19.2 Å². The Bertz CT molecular complexity index is 8960. The van der Waals surface area contributed by atoms with Gasteiger partial charge < -0.3 is 30.2 Å². The van der Waals surface area contributed by atoms with Crippen LogP contribution in [0.1, 0.15) is 129 Å². The van der Waals surface area contributed by atoms with Crippen LogP contribution >= 0.6 is 45.3 Å². The van der Waals surface area contributed by atoms with E-state index in [0.717, 1.165) is 264 Å². The molecule has 0 aliphatic carbocycles. The minimum atomic E-state index is 0.0496. The summed E-state index contributed by atoms with van der Waals surface area (Å²) in [7, 11) is 4.09. The number of likely N-dealkylation sites (tertiary alicyclic amines) is 2. The third kappa shape index (κ3) is 20.0. The Kier molecular flexibility index (Phi) is 26.4. The molecule has 9 N–H and O–H groups in total. The lowest BCUT2D eigenvalue weighted by atomic mass is 10.0. The van der Waals surface area contributed by atoms with Crippen molar-refractivity contribution in [2.45, 2.75) is 99.3 Å². The average Bonchev–Trinajstić information content (AvgIpc) is 1.62. The van der Waals surface area contributed by atoms with Crippen LogP contribution in [0.15, 0.2) is 245 Å². The van der Waals surface area contributed by atoms with Crippen molar-refractivity contribution in [1.82, 2.24) is 135 Å². The van der Waals surface area contributed by atoms with Gasteiger partial charge in [0.25, 0.3) is 0 Å². The molecule has 0 amide bonds. The third-order valence-corrected chi connectivity index (χ3v) is 31.3. The van der Waals surface area contributed by atoms with Crippen molar-refractivity contribution in [3.63, 3.8) is 0 Å². The fraction of sp³-hybridized carbons (Fsp3) is 0.186. The van der Waals surface area contributed by atoms with Gasteiger partial charge in [-0.1, -0.05) is 30.7 Å². The second kappa shape index (κ2) is 41.1. The quantitative estimate of drug-likeness (QED) is 0.0254. The second-order valence-electron chi connectivity index (χ2n) is 37.9. The van der Waals surface area contributed by atoms with Crippen LogP contribution in [0.4, 0.5) is 5.69 Å². The topological polar surface area (TPSA) is 423 Å². The van der Waals surface area contributed by atoms with E-state index in [4.69, 9.17) is 19.9 Å². The van der Waals surface area contributed by atoms with E-state index in [1.54, 1.807) is 77.3 Å². The summed E-state index contributed by atoms with van der Waals surface area (Å²) >= 11 is 5.80. The van der Waals surface area contributed by atoms with Gasteiger partial charge in [0.2, 0.25) is 0 Å². The lowest BCUT2D eigenvalue weighted by Gasteiger charge is -2.26. The monoisotopic (exact) mass is 2040 g/mol. The van der Waals surface area contributed by atoms with Gasteiger partial charge in [0.05, 0.1) is 94.1 Å². The summed E-state index contributed by atoms with van der Waals surface area (Å²) in [5.41, 5.74) is 29.8. The number of imidazole rings is 4. The summed E-state index contributed by atoms with van der Waals surface area (Å²) in [6, 6.07) is 49.3. The van der Waals surface area contributed by atoms with Crippen LogP contribution in [-0.4, -0.2) is 205 Å². The van der Waals surface area contributed by atoms with E-state index in [1.807, 2.05) is 124 Å². The van der Waals surface area contributed by atoms with Crippen LogP contribution in [0, 0.1) is 0 Å². The highest BCUT2D eigenvalue weighted by Gasteiger charge is 2.27. The number of nitrogens with zero attached hydrogens (tertiary/aromatic N) is 19. The molecule has 0 radical (unpaired) electrons. The van der Waals surface area contributed by atoms with E-state index in [0.29, 0.717) is 39.1 Å². The molecule has 0 spiro atoms. The number of thiophene rings is 4. The number of hydrogen-bond acceptors (Lipinski definition) is 28. The van der Waals surface area contributed by atoms with E-state index >= 15 is 0 Å². The highest BCUT2D eigenvalue weighted by atomic mass is 32.1. The number of nitrogens with one attached hydrogen (secondary N) is 9. The van der Waals surface area contributed by atoms with E-state index < -0.39 is 0 Å². The van der Waals surface area contributed by atoms with Gasteiger partial charge in [0, 0.05) is 186 Å². The van der Waals surface area contributed by atoms with Gasteiger partial charge in [-0.15, -0.1) is 45.3 Å². The van der Waals surface area contributed by atoms with Crippen LogP contribution in [0.2, 0.25) is 0 Å². The number of pyridine rings is 8. The predicted molar refractivity (Wildman–Crippen MR) is 592 cm³/mol. The summed E-state index contributed by atoms with van der Waals surface area (Å²) in [4.78, 5) is 130. The maximum atomic E-state index is 11.8. The van der Waals surface area contributed by atoms with Gasteiger partial charge in [-0.25, -0.2) is 19.9 Å². The molecule has 22 heterocycles. The van der Waals surface area contributed by atoms with Crippen molar-refractivity contribution in [2.24, 2.45) is 0 Å². The largest absolute Gasteiger partial charge is 0.382 e. The minimum Gasteiger partial charge on any atom is -0.382 e. The van der Waals surface area contributed by atoms with Crippen molar-refractivity contribution in [2.75, 3.05) is 45.6 Å². The number of piperidine rings is 1. The first kappa shape index (κ1) is 95.5. The zero-order chi connectivity index (χ0) is 102. The fourth-order valence-electron chi connectivity index (χ4n) is 19.2. The zero-order valence-corrected chi connectivity index (χ0v) is 85.7. The predicted octanol–water partition coefficient (Wildman–Crippen LogP) is 24.4. The summed E-state index contributed by atoms with van der Waals surface area (Å²) in [5.74, 6) is 2.86. The molecule has 32 nitrogen and oxygen atoms in total. The van der Waals surface area contributed by atoms with Crippen LogP contribution in [0.3, 0.4) is 0 Å². The van der Waals surface area contributed by atoms with Crippen molar-refractivity contribution in [3.05, 3.63) is 281 Å². The molecular formula is C113H98N28O4S4. The number of fused-ring (bicyclic) bond motifs is 8. The van der Waals surface area contributed by atoms with Crippen LogP contribution < -0.4 is 5.32 Å². The smallest absolute Gasteiger partial charge is 0.169 e. The number of aromatic amines is 8. The summed E-state index contributed by atoms with van der Waals surface area (Å²) < 4.78 is 0. The normalized spacial score (nSPS) is 13.0. The van der Waals surface area contributed by atoms with Crippen LogP contribution in [-0.2, 0) is 19.6 Å². The molecule has 0 saturated carbocycles. The van der Waals surface area contributed by atoms with Gasteiger partial charge in [0.15, 0.2) is 46.4 Å². The molecular weight excluding hydrogens is 1940 g/mol. The summed E-state index contributed by atoms with van der Waals surface area (Å²) in [6.45, 7) is 17.9. The van der Waals surface area contributed by atoms with Gasteiger partial charge in [-0.3, -0.25) is 89.2 Å². The van der Waals surface area contributed by atoms with Gasteiger partial charge in [-0.05, 0) is 268 Å². The number of H-pyrrole nitrogens is 8. The number of hydrogen-bond donors (Lipinski definition) is 9. The number of aromatic nitrogens is 24. The minimum absolute atomic E-state index is 0.0496. The molecule has 0 unspecified atom stereocenters. The Hall–Kier alpha value is -17.0. The van der Waals surface area contributed by atoms with Crippen molar-refractivity contribution < 1.29 is 19.2 Å². The number of benzene rings is 4. The SMILES string of the molecule is CC(=O)c1ccc(-c2cncc3[nH]c(-c4n[nH]c5ccc(-c6cncc(CN(C)C)c6)cc45)nc23)s1.CC(=O)c1ccc(-c2cncc3[nH]c(-c4n[nH]c5ccc(-c6cncc(CN7CCCC7)c6)cc45)nc23)s1.CC(=O)c1ccc(-c2cncc3[nH]c(-c4n[nH]c5ccc(-c6cncc(CN7CCCCC7)c6)cc45)nc23)s1.CC(=O)c1ccc(-c2cncc3[nH]c(-c4n[nH]c5ccc(-c6cncc(NC(C)C)c6)cc45)nc23)s1. The zero-order valence-electron chi connectivity index (χ0n) is 82.4. The molecule has 0 atom stereocenters. The van der Waals surface area contributed by atoms with Crippen molar-refractivity contribution in [3.8, 4) is 132 Å². The Labute approximate surface area is 868 Å². The maximum absolute atomic E-state index is 11.8. The molecule has 24 aromatic rings. The number of carbonyl (C=O) groups excluding carboxylic acids is 4. The molecule has 149 heavy (non-hydrogen) atoms. The number of Topliss-reactive ketones (excluding diaryl/α,β-unsaturated/α-hetero) is 4. The number of ketones is 4. The van der Waals surface area contributed by atoms with Gasteiger partial charge in [-0.2, -0.15) is 20.4 Å². The van der Waals surface area contributed by atoms with Gasteiger partial charge in [0.1, 0.15) is 44.8 Å². The molecule has 2 aliphatic rings. The molecule has 4 aromatic carbocycles. The Morgan fingerprint density at radius 1 is 0.315 bits per heavy atom. The Morgan fingerprint density at radius 3 is 0.893 bits per heavy atom. The second-order valence-corrected chi connectivity index (χ2v) is 42.3. The first-order valence-corrected chi connectivity index (χ1v) is 52.3.